The SMILES string of the molecule is CC1CN(S(=O)(=O)N(C)CC(=O)N(C)C)CC(C)O1. The maximum absolute atomic E-state index is 12.4. The van der Waals surface area contributed by atoms with Crippen molar-refractivity contribution in [2.24, 2.45) is 0 Å². The van der Waals surface area contributed by atoms with E-state index in [4.69, 9.17) is 4.74 Å². The Bertz CT molecular complexity index is 414. The van der Waals surface area contributed by atoms with Gasteiger partial charge in [-0.2, -0.15) is 17.0 Å². The van der Waals surface area contributed by atoms with Gasteiger partial charge in [0.15, 0.2) is 0 Å². The molecule has 0 spiro atoms. The molecule has 2 atom stereocenters. The third-order valence-electron chi connectivity index (χ3n) is 2.96. The van der Waals surface area contributed by atoms with Crippen molar-refractivity contribution in [1.82, 2.24) is 13.5 Å². The lowest BCUT2D eigenvalue weighted by atomic mass is 10.3. The van der Waals surface area contributed by atoms with Crippen LogP contribution in [-0.4, -0.2) is 80.8 Å². The molecule has 1 aliphatic heterocycles. The lowest BCUT2D eigenvalue weighted by molar-refractivity contribution is -0.128. The van der Waals surface area contributed by atoms with Crippen molar-refractivity contribution in [2.45, 2.75) is 26.1 Å². The second-order valence-corrected chi connectivity index (χ2v) is 7.16. The molecule has 1 saturated heterocycles. The van der Waals surface area contributed by atoms with Crippen LogP contribution < -0.4 is 0 Å². The summed E-state index contributed by atoms with van der Waals surface area (Å²) in [5.41, 5.74) is 0. The second-order valence-electron chi connectivity index (χ2n) is 5.13. The third kappa shape index (κ3) is 4.13. The highest BCUT2D eigenvalue weighted by molar-refractivity contribution is 7.86. The zero-order chi connectivity index (χ0) is 14.8. The van der Waals surface area contributed by atoms with Gasteiger partial charge in [-0.1, -0.05) is 0 Å². The summed E-state index contributed by atoms with van der Waals surface area (Å²) in [4.78, 5) is 13.0. The molecular formula is C11H23N3O4S. The minimum Gasteiger partial charge on any atom is -0.373 e. The van der Waals surface area contributed by atoms with Gasteiger partial charge in [-0.15, -0.1) is 0 Å². The lowest BCUT2D eigenvalue weighted by Crippen LogP contribution is -2.53. The van der Waals surface area contributed by atoms with E-state index >= 15 is 0 Å². The van der Waals surface area contributed by atoms with Crippen LogP contribution in [0.2, 0.25) is 0 Å². The molecule has 1 heterocycles. The Morgan fingerprint density at radius 1 is 1.21 bits per heavy atom. The Morgan fingerprint density at radius 2 is 1.68 bits per heavy atom. The van der Waals surface area contributed by atoms with E-state index in [2.05, 4.69) is 0 Å². The Kier molecular flexibility index (Phi) is 5.31. The zero-order valence-corrected chi connectivity index (χ0v) is 13.0. The van der Waals surface area contributed by atoms with E-state index in [1.165, 1.54) is 16.3 Å². The van der Waals surface area contributed by atoms with E-state index in [0.29, 0.717) is 13.1 Å². The van der Waals surface area contributed by atoms with Crippen LogP contribution in [0.4, 0.5) is 0 Å². The van der Waals surface area contributed by atoms with Crippen molar-refractivity contribution < 1.29 is 17.9 Å². The predicted octanol–water partition coefficient (Wildman–Crippen LogP) is -0.640. The molecule has 1 fully saturated rings. The number of amides is 1. The number of ether oxygens (including phenoxy) is 1. The Labute approximate surface area is 115 Å². The summed E-state index contributed by atoms with van der Waals surface area (Å²) in [6, 6.07) is 0. The van der Waals surface area contributed by atoms with E-state index in [1.807, 2.05) is 13.8 Å². The van der Waals surface area contributed by atoms with Gasteiger partial charge in [0.1, 0.15) is 0 Å². The van der Waals surface area contributed by atoms with Crippen molar-refractivity contribution in [3.63, 3.8) is 0 Å². The molecule has 0 radical (unpaired) electrons. The van der Waals surface area contributed by atoms with E-state index in [0.717, 1.165) is 4.31 Å². The molecule has 0 aliphatic carbocycles. The molecule has 7 nitrogen and oxygen atoms in total. The number of likely N-dealkylation sites (N-methyl/N-ethyl adjacent to an activating group) is 2. The normalized spacial score (nSPS) is 25.6. The molecule has 2 unspecified atom stereocenters. The summed E-state index contributed by atoms with van der Waals surface area (Å²) < 4.78 is 32.7. The van der Waals surface area contributed by atoms with Crippen molar-refractivity contribution in [2.75, 3.05) is 40.8 Å². The van der Waals surface area contributed by atoms with Gasteiger partial charge in [-0.05, 0) is 13.8 Å². The number of rotatable bonds is 4. The van der Waals surface area contributed by atoms with Gasteiger partial charge in [0, 0.05) is 34.2 Å². The minimum atomic E-state index is -3.62. The summed E-state index contributed by atoms with van der Waals surface area (Å²) in [5, 5.41) is 0. The summed E-state index contributed by atoms with van der Waals surface area (Å²) in [7, 11) is 0.999. The monoisotopic (exact) mass is 293 g/mol. The van der Waals surface area contributed by atoms with Crippen LogP contribution in [0.5, 0.6) is 0 Å². The number of carbonyl (C=O) groups excluding carboxylic acids is 1. The topological polar surface area (TPSA) is 70.2 Å². The number of carbonyl (C=O) groups is 1. The molecule has 1 aliphatic rings. The number of hydrogen-bond donors (Lipinski definition) is 0. The van der Waals surface area contributed by atoms with Gasteiger partial charge < -0.3 is 9.64 Å². The molecular weight excluding hydrogens is 270 g/mol. The van der Waals surface area contributed by atoms with Crippen LogP contribution in [0.1, 0.15) is 13.8 Å². The minimum absolute atomic E-state index is 0.142. The smallest absolute Gasteiger partial charge is 0.282 e. The van der Waals surface area contributed by atoms with Crippen molar-refractivity contribution in [1.29, 1.82) is 0 Å². The summed E-state index contributed by atoms with van der Waals surface area (Å²) in [6.07, 6.45) is -0.284. The molecule has 0 aromatic heterocycles. The Morgan fingerprint density at radius 3 is 2.11 bits per heavy atom. The van der Waals surface area contributed by atoms with Crippen LogP contribution in [0, 0.1) is 0 Å². The first kappa shape index (κ1) is 16.4. The average molecular weight is 293 g/mol. The van der Waals surface area contributed by atoms with Crippen molar-refractivity contribution >= 4 is 16.1 Å². The van der Waals surface area contributed by atoms with Gasteiger partial charge in [0.2, 0.25) is 5.91 Å². The molecule has 112 valence electrons. The van der Waals surface area contributed by atoms with Crippen molar-refractivity contribution in [3.8, 4) is 0 Å². The van der Waals surface area contributed by atoms with Crippen LogP contribution in [0.25, 0.3) is 0 Å². The largest absolute Gasteiger partial charge is 0.373 e. The lowest BCUT2D eigenvalue weighted by Gasteiger charge is -2.36. The fourth-order valence-electron chi connectivity index (χ4n) is 1.93. The van der Waals surface area contributed by atoms with Gasteiger partial charge in [0.05, 0.1) is 18.8 Å². The van der Waals surface area contributed by atoms with E-state index < -0.39 is 10.2 Å². The number of nitrogens with zero attached hydrogens (tertiary/aromatic N) is 3. The van der Waals surface area contributed by atoms with Gasteiger partial charge in [-0.3, -0.25) is 4.79 Å². The molecule has 0 N–H and O–H groups in total. The predicted molar refractivity (Wildman–Crippen MR) is 71.8 cm³/mol. The van der Waals surface area contributed by atoms with Crippen LogP contribution in [-0.2, 0) is 19.7 Å². The summed E-state index contributed by atoms with van der Waals surface area (Å²) >= 11 is 0. The molecule has 0 aromatic carbocycles. The third-order valence-corrected chi connectivity index (χ3v) is 4.83. The molecule has 0 saturated carbocycles. The molecule has 1 amide bonds. The van der Waals surface area contributed by atoms with Gasteiger partial charge in [0.25, 0.3) is 10.2 Å². The van der Waals surface area contributed by atoms with Gasteiger partial charge >= 0.3 is 0 Å². The highest BCUT2D eigenvalue weighted by atomic mass is 32.2. The van der Waals surface area contributed by atoms with E-state index in [9.17, 15) is 13.2 Å². The number of hydrogen-bond acceptors (Lipinski definition) is 4. The maximum Gasteiger partial charge on any atom is 0.282 e. The fourth-order valence-corrected chi connectivity index (χ4v) is 3.39. The van der Waals surface area contributed by atoms with Crippen LogP contribution in [0.3, 0.4) is 0 Å². The first-order chi connectivity index (χ1) is 8.64. The molecule has 0 aromatic rings. The van der Waals surface area contributed by atoms with E-state index in [-0.39, 0.29) is 24.7 Å². The van der Waals surface area contributed by atoms with Crippen LogP contribution in [0.15, 0.2) is 0 Å². The van der Waals surface area contributed by atoms with Crippen molar-refractivity contribution in [3.05, 3.63) is 0 Å². The average Bonchev–Trinajstić information content (AvgIpc) is 2.27. The first-order valence-corrected chi connectivity index (χ1v) is 7.61. The zero-order valence-electron chi connectivity index (χ0n) is 12.2. The standard InChI is InChI=1S/C11H23N3O4S/c1-9-6-14(7-10(2)18-9)19(16,17)13(5)8-11(15)12(3)4/h9-10H,6-8H2,1-5H3. The van der Waals surface area contributed by atoms with E-state index in [1.54, 1.807) is 14.1 Å². The molecule has 1 rings (SSSR count). The summed E-state index contributed by atoms with van der Waals surface area (Å²) in [5.74, 6) is -0.250. The Balaban J connectivity index is 2.76. The highest BCUT2D eigenvalue weighted by Gasteiger charge is 2.34. The molecule has 8 heteroatoms. The van der Waals surface area contributed by atoms with Crippen LogP contribution >= 0.6 is 0 Å². The Hall–Kier alpha value is -0.700. The summed E-state index contributed by atoms with van der Waals surface area (Å²) in [6.45, 7) is 4.14. The highest BCUT2D eigenvalue weighted by Crippen LogP contribution is 2.16. The quantitative estimate of drug-likeness (QED) is 0.691. The second kappa shape index (κ2) is 6.17. The maximum atomic E-state index is 12.4. The fraction of sp³-hybridized carbons (Fsp3) is 0.909. The molecule has 0 bridgehead atoms. The molecule has 19 heavy (non-hydrogen) atoms. The first-order valence-electron chi connectivity index (χ1n) is 6.21. The number of morpholine rings is 1. The van der Waals surface area contributed by atoms with Gasteiger partial charge in [-0.25, -0.2) is 0 Å².